The standard InChI is InChI=1S/C12H12N4O4/c1-3-7-8(4-2)14-10-6-12(16(19)20)11(15(17)18)5-9(10)13-7/h5-6H,3-4H2,1-2H3. The maximum atomic E-state index is 10.9. The molecule has 1 aromatic heterocycles. The second-order valence-electron chi connectivity index (χ2n) is 4.17. The number of rotatable bonds is 4. The molecule has 0 aliphatic heterocycles. The maximum absolute atomic E-state index is 10.9. The minimum absolute atomic E-state index is 0.302. The molecule has 0 atom stereocenters. The third-order valence-electron chi connectivity index (χ3n) is 2.98. The van der Waals surface area contributed by atoms with Crippen molar-refractivity contribution in [3.63, 3.8) is 0 Å². The van der Waals surface area contributed by atoms with Crippen LogP contribution in [0.2, 0.25) is 0 Å². The normalized spacial score (nSPS) is 10.7. The zero-order valence-electron chi connectivity index (χ0n) is 11.0. The summed E-state index contributed by atoms with van der Waals surface area (Å²) in [7, 11) is 0. The zero-order valence-corrected chi connectivity index (χ0v) is 11.0. The Bertz CT molecular complexity index is 654. The van der Waals surface area contributed by atoms with Crippen LogP contribution in [0.3, 0.4) is 0 Å². The van der Waals surface area contributed by atoms with Crippen molar-refractivity contribution in [1.82, 2.24) is 9.97 Å². The summed E-state index contributed by atoms with van der Waals surface area (Å²) in [5.41, 5.74) is 0.977. The van der Waals surface area contributed by atoms with E-state index in [1.807, 2.05) is 13.8 Å². The SMILES string of the molecule is CCc1nc2cc([N+](=O)[O-])c([N+](=O)[O-])cc2nc1CC. The molecule has 8 heteroatoms. The number of nitro groups is 2. The van der Waals surface area contributed by atoms with Gasteiger partial charge in [0, 0.05) is 0 Å². The molecule has 0 aliphatic carbocycles. The van der Waals surface area contributed by atoms with Crippen LogP contribution in [-0.4, -0.2) is 19.8 Å². The first-order valence-electron chi connectivity index (χ1n) is 6.10. The molecule has 2 aromatic rings. The Balaban J connectivity index is 2.80. The minimum Gasteiger partial charge on any atom is -0.258 e. The maximum Gasteiger partial charge on any atom is 0.348 e. The molecule has 1 aromatic carbocycles. The Morgan fingerprint density at radius 2 is 1.25 bits per heavy atom. The largest absolute Gasteiger partial charge is 0.348 e. The summed E-state index contributed by atoms with van der Waals surface area (Å²) in [5, 5.41) is 21.8. The van der Waals surface area contributed by atoms with Crippen LogP contribution in [0.5, 0.6) is 0 Å². The van der Waals surface area contributed by atoms with Gasteiger partial charge in [-0.3, -0.25) is 20.2 Å². The lowest BCUT2D eigenvalue weighted by Crippen LogP contribution is -2.03. The molecule has 0 spiro atoms. The fraction of sp³-hybridized carbons (Fsp3) is 0.333. The molecule has 0 N–H and O–H groups in total. The van der Waals surface area contributed by atoms with Crippen molar-refractivity contribution in [3.8, 4) is 0 Å². The fourth-order valence-corrected chi connectivity index (χ4v) is 2.01. The zero-order chi connectivity index (χ0) is 14.9. The Morgan fingerprint density at radius 3 is 1.50 bits per heavy atom. The number of aromatic nitrogens is 2. The summed E-state index contributed by atoms with van der Waals surface area (Å²) in [6, 6.07) is 2.22. The fourth-order valence-electron chi connectivity index (χ4n) is 2.01. The molecule has 8 nitrogen and oxygen atoms in total. The highest BCUT2D eigenvalue weighted by Gasteiger charge is 2.26. The number of benzene rings is 1. The van der Waals surface area contributed by atoms with E-state index in [2.05, 4.69) is 9.97 Å². The molecular weight excluding hydrogens is 264 g/mol. The van der Waals surface area contributed by atoms with Crippen molar-refractivity contribution in [3.05, 3.63) is 43.7 Å². The Labute approximate surface area is 113 Å². The van der Waals surface area contributed by atoms with E-state index in [-0.39, 0.29) is 0 Å². The third-order valence-corrected chi connectivity index (χ3v) is 2.98. The number of aryl methyl sites for hydroxylation is 2. The topological polar surface area (TPSA) is 112 Å². The lowest BCUT2D eigenvalue weighted by atomic mass is 10.1. The van der Waals surface area contributed by atoms with Crippen molar-refractivity contribution in [1.29, 1.82) is 0 Å². The molecule has 0 aliphatic rings. The van der Waals surface area contributed by atoms with Gasteiger partial charge in [-0.1, -0.05) is 13.8 Å². The van der Waals surface area contributed by atoms with Gasteiger partial charge in [-0.2, -0.15) is 0 Å². The van der Waals surface area contributed by atoms with Crippen LogP contribution in [0, 0.1) is 20.2 Å². The van der Waals surface area contributed by atoms with Crippen molar-refractivity contribution >= 4 is 22.4 Å². The first kappa shape index (κ1) is 13.8. The monoisotopic (exact) mass is 276 g/mol. The Hall–Kier alpha value is -2.64. The number of nitrogens with zero attached hydrogens (tertiary/aromatic N) is 4. The lowest BCUT2D eigenvalue weighted by molar-refractivity contribution is -0.422. The van der Waals surface area contributed by atoms with Crippen LogP contribution in [0.4, 0.5) is 11.4 Å². The van der Waals surface area contributed by atoms with Crippen molar-refractivity contribution in [2.24, 2.45) is 0 Å². The molecule has 0 radical (unpaired) electrons. The smallest absolute Gasteiger partial charge is 0.258 e. The van der Waals surface area contributed by atoms with E-state index in [1.165, 1.54) is 0 Å². The van der Waals surface area contributed by atoms with E-state index in [9.17, 15) is 20.2 Å². The van der Waals surface area contributed by atoms with Gasteiger partial charge in [0.05, 0.1) is 44.4 Å². The van der Waals surface area contributed by atoms with Gasteiger partial charge in [-0.25, -0.2) is 9.97 Å². The summed E-state index contributed by atoms with van der Waals surface area (Å²) in [5.74, 6) is 0. The number of hydrogen-bond donors (Lipinski definition) is 0. The number of hydrogen-bond acceptors (Lipinski definition) is 6. The predicted molar refractivity (Wildman–Crippen MR) is 71.6 cm³/mol. The second-order valence-corrected chi connectivity index (χ2v) is 4.17. The highest BCUT2D eigenvalue weighted by molar-refractivity contribution is 5.82. The van der Waals surface area contributed by atoms with E-state index in [4.69, 9.17) is 0 Å². The third kappa shape index (κ3) is 2.27. The summed E-state index contributed by atoms with van der Waals surface area (Å²) in [4.78, 5) is 28.9. The van der Waals surface area contributed by atoms with Gasteiger partial charge in [-0.15, -0.1) is 0 Å². The first-order chi connectivity index (χ1) is 9.47. The number of nitro benzene ring substituents is 2. The van der Waals surface area contributed by atoms with Gasteiger partial charge in [0.15, 0.2) is 0 Å². The summed E-state index contributed by atoms with van der Waals surface area (Å²) in [6.07, 6.45) is 1.30. The van der Waals surface area contributed by atoms with E-state index in [0.717, 1.165) is 23.5 Å². The quantitative estimate of drug-likeness (QED) is 0.626. The molecule has 0 saturated carbocycles. The van der Waals surface area contributed by atoms with E-state index >= 15 is 0 Å². The molecule has 1 heterocycles. The molecule has 2 rings (SSSR count). The Morgan fingerprint density at radius 1 is 0.900 bits per heavy atom. The first-order valence-corrected chi connectivity index (χ1v) is 6.10. The van der Waals surface area contributed by atoms with Gasteiger partial charge in [0.25, 0.3) is 0 Å². The van der Waals surface area contributed by atoms with Gasteiger partial charge in [0.2, 0.25) is 0 Å². The summed E-state index contributed by atoms with van der Waals surface area (Å²) < 4.78 is 0. The molecule has 0 amide bonds. The molecule has 0 saturated heterocycles. The lowest BCUT2D eigenvalue weighted by Gasteiger charge is -2.06. The van der Waals surface area contributed by atoms with Gasteiger partial charge < -0.3 is 0 Å². The molecule has 104 valence electrons. The highest BCUT2D eigenvalue weighted by Crippen LogP contribution is 2.30. The van der Waals surface area contributed by atoms with Crippen molar-refractivity contribution in [2.75, 3.05) is 0 Å². The van der Waals surface area contributed by atoms with E-state index in [1.54, 1.807) is 0 Å². The van der Waals surface area contributed by atoms with Gasteiger partial charge in [-0.05, 0) is 12.8 Å². The van der Waals surface area contributed by atoms with Crippen molar-refractivity contribution in [2.45, 2.75) is 26.7 Å². The molecule has 0 unspecified atom stereocenters. The Kier molecular flexibility index (Phi) is 3.55. The molecule has 0 bridgehead atoms. The van der Waals surface area contributed by atoms with Gasteiger partial charge >= 0.3 is 11.4 Å². The van der Waals surface area contributed by atoms with E-state index in [0.29, 0.717) is 23.9 Å². The molecule has 20 heavy (non-hydrogen) atoms. The average molecular weight is 276 g/mol. The van der Waals surface area contributed by atoms with E-state index < -0.39 is 21.2 Å². The predicted octanol–water partition coefficient (Wildman–Crippen LogP) is 2.57. The molecular formula is C12H12N4O4. The molecule has 0 fully saturated rings. The van der Waals surface area contributed by atoms with Crippen LogP contribution < -0.4 is 0 Å². The summed E-state index contributed by atoms with van der Waals surface area (Å²) in [6.45, 7) is 3.82. The van der Waals surface area contributed by atoms with Crippen LogP contribution in [0.15, 0.2) is 12.1 Å². The second kappa shape index (κ2) is 5.16. The minimum atomic E-state index is -0.779. The van der Waals surface area contributed by atoms with Crippen molar-refractivity contribution < 1.29 is 9.85 Å². The summed E-state index contributed by atoms with van der Waals surface area (Å²) >= 11 is 0. The highest BCUT2D eigenvalue weighted by atomic mass is 16.6. The van der Waals surface area contributed by atoms with Crippen LogP contribution in [0.25, 0.3) is 11.0 Å². The average Bonchev–Trinajstić information content (AvgIpc) is 2.43. The number of fused-ring (bicyclic) bond motifs is 1. The van der Waals surface area contributed by atoms with Crippen LogP contribution in [-0.2, 0) is 12.8 Å². The van der Waals surface area contributed by atoms with Crippen LogP contribution in [0.1, 0.15) is 25.2 Å². The van der Waals surface area contributed by atoms with Gasteiger partial charge in [0.1, 0.15) is 0 Å². The van der Waals surface area contributed by atoms with Crippen LogP contribution >= 0.6 is 0 Å².